The molecule has 0 spiro atoms. The number of nitrogens with one attached hydrogen (secondary N) is 1. The first-order valence-electron chi connectivity index (χ1n) is 6.71. The van der Waals surface area contributed by atoms with Crippen LogP contribution in [0.4, 0.5) is 10.5 Å². The lowest BCUT2D eigenvalue weighted by Gasteiger charge is -2.24. The fourth-order valence-electron chi connectivity index (χ4n) is 2.42. The van der Waals surface area contributed by atoms with Crippen molar-refractivity contribution in [2.24, 2.45) is 7.05 Å². The highest BCUT2D eigenvalue weighted by Gasteiger charge is 2.32. The number of carbonyl (C=O) groups excluding carboxylic acids is 1. The third kappa shape index (κ3) is 3.11. The van der Waals surface area contributed by atoms with Gasteiger partial charge in [0.1, 0.15) is 5.37 Å². The van der Waals surface area contributed by atoms with Gasteiger partial charge in [-0.05, 0) is 30.3 Å². The number of aromatic nitrogens is 1. The average Bonchev–Trinajstić information content (AvgIpc) is 3.06. The van der Waals surface area contributed by atoms with E-state index in [1.54, 1.807) is 11.8 Å². The predicted octanol–water partition coefficient (Wildman–Crippen LogP) is 4.07. The third-order valence-electron chi connectivity index (χ3n) is 3.46. The summed E-state index contributed by atoms with van der Waals surface area (Å²) in [6.07, 6.45) is 2.01. The highest BCUT2D eigenvalue weighted by molar-refractivity contribution is 9.10. The van der Waals surface area contributed by atoms with Gasteiger partial charge in [0.05, 0.1) is 5.69 Å². The summed E-state index contributed by atoms with van der Waals surface area (Å²) in [5.41, 5.74) is 1.96. The number of nitrogens with zero attached hydrogens (tertiary/aromatic N) is 2. The van der Waals surface area contributed by atoms with E-state index in [1.807, 2.05) is 48.5 Å². The maximum Gasteiger partial charge on any atom is 0.323 e. The van der Waals surface area contributed by atoms with Gasteiger partial charge in [0, 0.05) is 35.7 Å². The number of hydrogen-bond acceptors (Lipinski definition) is 2. The molecule has 3 rings (SSSR count). The van der Waals surface area contributed by atoms with Crippen molar-refractivity contribution in [3.8, 4) is 0 Å². The van der Waals surface area contributed by atoms with Gasteiger partial charge in [-0.25, -0.2) is 4.79 Å². The molecule has 1 aliphatic heterocycles. The van der Waals surface area contributed by atoms with Crippen LogP contribution in [0.25, 0.3) is 0 Å². The molecule has 0 saturated carbocycles. The molecule has 0 radical (unpaired) electrons. The Kier molecular flexibility index (Phi) is 4.26. The number of carbonyl (C=O) groups is 1. The quantitative estimate of drug-likeness (QED) is 0.870. The zero-order valence-electron chi connectivity index (χ0n) is 11.6. The summed E-state index contributed by atoms with van der Waals surface area (Å²) in [5.74, 6) is 0.960. The van der Waals surface area contributed by atoms with Crippen LogP contribution in [0.5, 0.6) is 0 Å². The van der Waals surface area contributed by atoms with E-state index in [-0.39, 0.29) is 11.4 Å². The van der Waals surface area contributed by atoms with Crippen molar-refractivity contribution < 1.29 is 4.79 Å². The van der Waals surface area contributed by atoms with Gasteiger partial charge in [-0.1, -0.05) is 22.0 Å². The van der Waals surface area contributed by atoms with Crippen molar-refractivity contribution >= 4 is 39.4 Å². The zero-order valence-corrected chi connectivity index (χ0v) is 14.0. The standard InChI is InChI=1S/C15H16BrN3OS/c1-18-7-3-6-13(18)14-19(8-9-21-14)15(20)17-12-5-2-4-11(16)10-12/h2-7,10,14H,8-9H2,1H3,(H,17,20). The van der Waals surface area contributed by atoms with Crippen LogP contribution in [0.15, 0.2) is 47.1 Å². The Morgan fingerprint density at radius 3 is 2.95 bits per heavy atom. The van der Waals surface area contributed by atoms with Crippen molar-refractivity contribution in [2.75, 3.05) is 17.6 Å². The van der Waals surface area contributed by atoms with Crippen LogP contribution in [0.3, 0.4) is 0 Å². The Morgan fingerprint density at radius 1 is 1.38 bits per heavy atom. The molecule has 21 heavy (non-hydrogen) atoms. The summed E-state index contributed by atoms with van der Waals surface area (Å²) >= 11 is 5.22. The second-order valence-corrected chi connectivity index (χ2v) is 7.00. The number of halogens is 1. The zero-order chi connectivity index (χ0) is 14.8. The van der Waals surface area contributed by atoms with Crippen LogP contribution in [0.2, 0.25) is 0 Å². The fourth-order valence-corrected chi connectivity index (χ4v) is 4.14. The molecule has 0 bridgehead atoms. The van der Waals surface area contributed by atoms with Crippen LogP contribution in [0, 0.1) is 0 Å². The van der Waals surface area contributed by atoms with Gasteiger partial charge in [-0.3, -0.25) is 0 Å². The number of aryl methyl sites for hydroxylation is 1. The molecule has 2 aromatic rings. The largest absolute Gasteiger partial charge is 0.352 e. The first kappa shape index (κ1) is 14.5. The molecule has 1 fully saturated rings. The Balaban J connectivity index is 1.76. The SMILES string of the molecule is Cn1cccc1C1SCCN1C(=O)Nc1cccc(Br)c1. The molecule has 1 aromatic carbocycles. The number of amides is 2. The molecule has 1 aliphatic rings. The lowest BCUT2D eigenvalue weighted by atomic mass is 10.3. The van der Waals surface area contributed by atoms with E-state index in [1.165, 1.54) is 0 Å². The van der Waals surface area contributed by atoms with Crippen LogP contribution in [-0.2, 0) is 7.05 Å². The van der Waals surface area contributed by atoms with E-state index in [0.29, 0.717) is 0 Å². The molecule has 110 valence electrons. The molecule has 1 saturated heterocycles. The second kappa shape index (κ2) is 6.15. The first-order chi connectivity index (χ1) is 10.1. The normalized spacial score (nSPS) is 18.0. The van der Waals surface area contributed by atoms with Crippen molar-refractivity contribution in [1.82, 2.24) is 9.47 Å². The minimum absolute atomic E-state index is 0.0516. The van der Waals surface area contributed by atoms with E-state index in [9.17, 15) is 4.79 Å². The topological polar surface area (TPSA) is 37.3 Å². The lowest BCUT2D eigenvalue weighted by molar-refractivity contribution is 0.213. The third-order valence-corrected chi connectivity index (χ3v) is 5.19. The maximum atomic E-state index is 12.5. The molecule has 1 N–H and O–H groups in total. The average molecular weight is 366 g/mol. The van der Waals surface area contributed by atoms with Crippen molar-refractivity contribution in [3.63, 3.8) is 0 Å². The number of thioether (sulfide) groups is 1. The Bertz CT molecular complexity index is 658. The smallest absolute Gasteiger partial charge is 0.323 e. The van der Waals surface area contributed by atoms with Crippen molar-refractivity contribution in [2.45, 2.75) is 5.37 Å². The number of urea groups is 1. The van der Waals surface area contributed by atoms with Gasteiger partial charge < -0.3 is 14.8 Å². The fraction of sp³-hybridized carbons (Fsp3) is 0.267. The lowest BCUT2D eigenvalue weighted by Crippen LogP contribution is -2.34. The highest BCUT2D eigenvalue weighted by atomic mass is 79.9. The summed E-state index contributed by atoms with van der Waals surface area (Å²) in [6.45, 7) is 0.764. The minimum atomic E-state index is -0.0516. The Labute approximate surface area is 136 Å². The molecular weight excluding hydrogens is 350 g/mol. The van der Waals surface area contributed by atoms with Gasteiger partial charge in [-0.15, -0.1) is 11.8 Å². The highest BCUT2D eigenvalue weighted by Crippen LogP contribution is 2.38. The van der Waals surface area contributed by atoms with E-state index in [0.717, 1.165) is 28.2 Å². The van der Waals surface area contributed by atoms with Gasteiger partial charge in [-0.2, -0.15) is 0 Å². The van der Waals surface area contributed by atoms with Gasteiger partial charge >= 0.3 is 6.03 Å². The van der Waals surface area contributed by atoms with Crippen LogP contribution in [-0.4, -0.2) is 27.8 Å². The Morgan fingerprint density at radius 2 is 2.24 bits per heavy atom. The van der Waals surface area contributed by atoms with E-state index in [4.69, 9.17) is 0 Å². The molecule has 4 nitrogen and oxygen atoms in total. The molecule has 1 aromatic heterocycles. The van der Waals surface area contributed by atoms with Crippen LogP contribution in [0.1, 0.15) is 11.1 Å². The molecule has 1 unspecified atom stereocenters. The molecule has 0 aliphatic carbocycles. The molecule has 2 amide bonds. The van der Waals surface area contributed by atoms with E-state index in [2.05, 4.69) is 31.9 Å². The van der Waals surface area contributed by atoms with Gasteiger partial charge in [0.25, 0.3) is 0 Å². The second-order valence-electron chi connectivity index (χ2n) is 4.90. The number of hydrogen-bond donors (Lipinski definition) is 1. The van der Waals surface area contributed by atoms with Crippen molar-refractivity contribution in [1.29, 1.82) is 0 Å². The number of benzene rings is 1. The molecule has 6 heteroatoms. The predicted molar refractivity (Wildman–Crippen MR) is 90.5 cm³/mol. The Hall–Kier alpha value is -1.40. The van der Waals surface area contributed by atoms with Gasteiger partial charge in [0.15, 0.2) is 0 Å². The first-order valence-corrected chi connectivity index (χ1v) is 8.55. The number of anilines is 1. The van der Waals surface area contributed by atoms with Crippen molar-refractivity contribution in [3.05, 3.63) is 52.8 Å². The number of rotatable bonds is 2. The van der Waals surface area contributed by atoms with Crippen LogP contribution < -0.4 is 5.32 Å². The summed E-state index contributed by atoms with van der Waals surface area (Å²) in [7, 11) is 2.01. The minimum Gasteiger partial charge on any atom is -0.352 e. The van der Waals surface area contributed by atoms with Crippen LogP contribution >= 0.6 is 27.7 Å². The summed E-state index contributed by atoms with van der Waals surface area (Å²) in [5, 5.41) is 3.05. The summed E-state index contributed by atoms with van der Waals surface area (Å²) in [6, 6.07) is 11.7. The van der Waals surface area contributed by atoms with E-state index < -0.39 is 0 Å². The molecule has 2 heterocycles. The monoisotopic (exact) mass is 365 g/mol. The summed E-state index contributed by atoms with van der Waals surface area (Å²) in [4.78, 5) is 14.4. The molecule has 1 atom stereocenters. The van der Waals surface area contributed by atoms with E-state index >= 15 is 0 Å². The maximum absolute atomic E-state index is 12.5. The van der Waals surface area contributed by atoms with Gasteiger partial charge in [0.2, 0.25) is 0 Å². The summed E-state index contributed by atoms with van der Waals surface area (Å²) < 4.78 is 3.03. The molecular formula is C15H16BrN3OS.